The Labute approximate surface area is 118 Å². The number of nitrogens with zero attached hydrogens (tertiary/aromatic N) is 1. The highest BCUT2D eigenvalue weighted by Gasteiger charge is 2.10. The van der Waals surface area contributed by atoms with E-state index in [-0.39, 0.29) is 5.56 Å². The molecule has 3 aromatic rings. The van der Waals surface area contributed by atoms with Crippen LogP contribution in [0.2, 0.25) is 0 Å². The van der Waals surface area contributed by atoms with E-state index < -0.39 is 5.97 Å². The zero-order chi connectivity index (χ0) is 14.1. The second-order valence-electron chi connectivity index (χ2n) is 4.25. The van der Waals surface area contributed by atoms with Gasteiger partial charge in [0.2, 0.25) is 0 Å². The number of aromatic carboxylic acids is 1. The Balaban J connectivity index is 1.92. The Hall–Kier alpha value is -2.47. The van der Waals surface area contributed by atoms with Gasteiger partial charge in [-0.1, -0.05) is 30.0 Å². The van der Waals surface area contributed by atoms with Crippen molar-refractivity contribution >= 4 is 34.3 Å². The summed E-state index contributed by atoms with van der Waals surface area (Å²) in [5, 5.41) is 11.5. The Morgan fingerprint density at radius 3 is 2.80 bits per heavy atom. The van der Waals surface area contributed by atoms with Crippen molar-refractivity contribution in [2.24, 2.45) is 0 Å². The smallest absolute Gasteiger partial charge is 0.337 e. The summed E-state index contributed by atoms with van der Waals surface area (Å²) in [5.41, 5.74) is 7.32. The normalized spacial score (nSPS) is 10.8. The molecule has 0 amide bonds. The first-order valence-corrected chi connectivity index (χ1v) is 6.69. The number of hydrogen-bond acceptors (Lipinski definition) is 4. The van der Waals surface area contributed by atoms with E-state index in [1.807, 2.05) is 30.3 Å². The van der Waals surface area contributed by atoms with Crippen LogP contribution in [0.25, 0.3) is 10.9 Å². The van der Waals surface area contributed by atoms with Crippen LogP contribution in [0, 0.1) is 0 Å². The molecule has 0 fully saturated rings. The minimum absolute atomic E-state index is 0.0866. The number of hydrogen-bond donors (Lipinski definition) is 3. The van der Waals surface area contributed by atoms with Gasteiger partial charge in [-0.2, -0.15) is 0 Å². The summed E-state index contributed by atoms with van der Waals surface area (Å²) in [6.07, 6.45) is 1.31. The molecule has 0 radical (unpaired) electrons. The van der Waals surface area contributed by atoms with Crippen molar-refractivity contribution in [3.63, 3.8) is 0 Å². The van der Waals surface area contributed by atoms with Crippen LogP contribution in [0.3, 0.4) is 0 Å². The summed E-state index contributed by atoms with van der Waals surface area (Å²) in [7, 11) is 0. The quantitative estimate of drug-likeness (QED) is 0.688. The number of carboxylic acids is 1. The number of H-pyrrole nitrogens is 1. The molecule has 0 spiro atoms. The number of rotatable bonds is 3. The van der Waals surface area contributed by atoms with Gasteiger partial charge in [0.1, 0.15) is 5.03 Å². The van der Waals surface area contributed by atoms with Gasteiger partial charge < -0.3 is 15.8 Å². The Morgan fingerprint density at radius 1 is 1.30 bits per heavy atom. The van der Waals surface area contributed by atoms with E-state index in [1.165, 1.54) is 24.0 Å². The molecule has 2 aromatic heterocycles. The number of nitrogens with two attached hydrogens (primary N) is 1. The van der Waals surface area contributed by atoms with Gasteiger partial charge in [0.15, 0.2) is 0 Å². The number of aromatic amines is 1. The highest BCUT2D eigenvalue weighted by atomic mass is 32.2. The van der Waals surface area contributed by atoms with Gasteiger partial charge in [0, 0.05) is 17.1 Å². The van der Waals surface area contributed by atoms with E-state index >= 15 is 0 Å². The van der Waals surface area contributed by atoms with Gasteiger partial charge in [-0.05, 0) is 18.2 Å². The van der Waals surface area contributed by atoms with Crippen LogP contribution in [0.1, 0.15) is 10.4 Å². The lowest BCUT2D eigenvalue weighted by Crippen LogP contribution is -2.00. The first kappa shape index (κ1) is 12.6. The standard InChI is InChI=1S/C14H11N3O2S/c15-10-5-9(14(18)19)7-16-13(10)20-12-6-8-3-1-2-4-11(8)17-12/h1-7,17H,15H2,(H,18,19). The average molecular weight is 285 g/mol. The van der Waals surface area contributed by atoms with E-state index in [9.17, 15) is 4.79 Å². The molecule has 0 atom stereocenters. The fourth-order valence-electron chi connectivity index (χ4n) is 1.88. The Bertz CT molecular complexity index is 765. The van der Waals surface area contributed by atoms with Crippen LogP contribution in [-0.2, 0) is 0 Å². The predicted octanol–water partition coefficient (Wildman–Crippen LogP) is 2.99. The third kappa shape index (κ3) is 2.33. The molecule has 0 bridgehead atoms. The number of para-hydroxylation sites is 1. The summed E-state index contributed by atoms with van der Waals surface area (Å²) < 4.78 is 0. The second kappa shape index (κ2) is 4.90. The maximum absolute atomic E-state index is 10.8. The molecule has 0 saturated carbocycles. The first-order valence-electron chi connectivity index (χ1n) is 5.88. The molecule has 0 aliphatic rings. The molecule has 4 N–H and O–H groups in total. The van der Waals surface area contributed by atoms with Crippen molar-refractivity contribution < 1.29 is 9.90 Å². The van der Waals surface area contributed by atoms with Crippen LogP contribution >= 0.6 is 11.8 Å². The number of carbonyl (C=O) groups is 1. The number of benzene rings is 1. The Kier molecular flexibility index (Phi) is 3.08. The number of aromatic nitrogens is 2. The summed E-state index contributed by atoms with van der Waals surface area (Å²) in [5.74, 6) is -1.04. The zero-order valence-corrected chi connectivity index (χ0v) is 11.1. The zero-order valence-electron chi connectivity index (χ0n) is 10.3. The van der Waals surface area contributed by atoms with Crippen LogP contribution in [-0.4, -0.2) is 21.0 Å². The van der Waals surface area contributed by atoms with Gasteiger partial charge >= 0.3 is 5.97 Å². The lowest BCUT2D eigenvalue weighted by Gasteiger charge is -2.03. The molecule has 0 aliphatic carbocycles. The fraction of sp³-hybridized carbons (Fsp3) is 0. The molecule has 2 heterocycles. The molecule has 0 unspecified atom stereocenters. The van der Waals surface area contributed by atoms with Gasteiger partial charge in [-0.25, -0.2) is 9.78 Å². The number of carboxylic acid groups (broad SMARTS) is 1. The summed E-state index contributed by atoms with van der Waals surface area (Å²) in [6, 6.07) is 11.4. The average Bonchev–Trinajstić information content (AvgIpc) is 2.83. The number of anilines is 1. The van der Waals surface area contributed by atoms with Crippen LogP contribution in [0.15, 0.2) is 52.6 Å². The third-order valence-electron chi connectivity index (χ3n) is 2.84. The number of nitrogens with one attached hydrogen (secondary N) is 1. The van der Waals surface area contributed by atoms with Crippen molar-refractivity contribution in [3.8, 4) is 0 Å². The van der Waals surface area contributed by atoms with Gasteiger partial charge in [0.25, 0.3) is 0 Å². The van der Waals surface area contributed by atoms with Crippen LogP contribution in [0.5, 0.6) is 0 Å². The van der Waals surface area contributed by atoms with Crippen LogP contribution in [0.4, 0.5) is 5.69 Å². The van der Waals surface area contributed by atoms with E-state index in [0.29, 0.717) is 10.7 Å². The minimum Gasteiger partial charge on any atom is -0.478 e. The van der Waals surface area contributed by atoms with Crippen molar-refractivity contribution in [1.29, 1.82) is 0 Å². The summed E-state index contributed by atoms with van der Waals surface area (Å²) in [4.78, 5) is 18.2. The number of pyridine rings is 1. The van der Waals surface area contributed by atoms with E-state index in [0.717, 1.165) is 15.9 Å². The largest absolute Gasteiger partial charge is 0.478 e. The topological polar surface area (TPSA) is 92.0 Å². The van der Waals surface area contributed by atoms with Gasteiger partial charge in [-0.15, -0.1) is 0 Å². The fourth-order valence-corrected chi connectivity index (χ4v) is 2.71. The van der Waals surface area contributed by atoms with Crippen molar-refractivity contribution in [2.75, 3.05) is 5.73 Å². The predicted molar refractivity (Wildman–Crippen MR) is 78.0 cm³/mol. The molecule has 6 heteroatoms. The maximum Gasteiger partial charge on any atom is 0.337 e. The van der Waals surface area contributed by atoms with Crippen molar-refractivity contribution in [1.82, 2.24) is 9.97 Å². The third-order valence-corrected chi connectivity index (χ3v) is 3.81. The van der Waals surface area contributed by atoms with Gasteiger partial charge in [-0.3, -0.25) is 0 Å². The van der Waals surface area contributed by atoms with E-state index in [4.69, 9.17) is 10.8 Å². The molecule has 0 saturated heterocycles. The highest BCUT2D eigenvalue weighted by molar-refractivity contribution is 7.99. The molecule has 5 nitrogen and oxygen atoms in total. The first-order chi connectivity index (χ1) is 9.63. The molecule has 100 valence electrons. The number of nitrogen functional groups attached to an aromatic ring is 1. The van der Waals surface area contributed by atoms with E-state index in [1.54, 1.807) is 0 Å². The van der Waals surface area contributed by atoms with Crippen molar-refractivity contribution in [3.05, 3.63) is 48.2 Å². The summed E-state index contributed by atoms with van der Waals surface area (Å²) in [6.45, 7) is 0. The Morgan fingerprint density at radius 2 is 2.10 bits per heavy atom. The molecular weight excluding hydrogens is 274 g/mol. The number of fused-ring (bicyclic) bond motifs is 1. The lowest BCUT2D eigenvalue weighted by molar-refractivity contribution is 0.0696. The minimum atomic E-state index is -1.04. The maximum atomic E-state index is 10.8. The SMILES string of the molecule is Nc1cc(C(=O)O)cnc1Sc1cc2ccccc2[nH]1. The monoisotopic (exact) mass is 285 g/mol. The van der Waals surface area contributed by atoms with Gasteiger partial charge in [0.05, 0.1) is 16.3 Å². The molecule has 1 aromatic carbocycles. The van der Waals surface area contributed by atoms with Crippen LogP contribution < -0.4 is 5.73 Å². The van der Waals surface area contributed by atoms with E-state index in [2.05, 4.69) is 9.97 Å². The van der Waals surface area contributed by atoms with Crippen molar-refractivity contribution in [2.45, 2.75) is 10.1 Å². The molecular formula is C14H11N3O2S. The summed E-state index contributed by atoms with van der Waals surface area (Å²) >= 11 is 1.38. The molecule has 0 aliphatic heterocycles. The highest BCUT2D eigenvalue weighted by Crippen LogP contribution is 2.32. The molecule has 3 rings (SSSR count). The lowest BCUT2D eigenvalue weighted by atomic mass is 10.3. The molecule has 20 heavy (non-hydrogen) atoms. The second-order valence-corrected chi connectivity index (χ2v) is 5.28.